The summed E-state index contributed by atoms with van der Waals surface area (Å²) in [6.45, 7) is 4.18. The minimum Gasteiger partial charge on any atom is -0.490 e. The Balaban J connectivity index is 2.48. The van der Waals surface area contributed by atoms with Gasteiger partial charge in [0, 0.05) is 11.3 Å². The van der Waals surface area contributed by atoms with Crippen molar-refractivity contribution in [3.8, 4) is 22.9 Å². The number of pyridine rings is 1. The number of nitrogens with one attached hydrogen (secondary N) is 1. The van der Waals surface area contributed by atoms with E-state index in [2.05, 4.69) is 4.98 Å². The molecule has 1 heterocycles. The van der Waals surface area contributed by atoms with Crippen LogP contribution in [0.15, 0.2) is 29.1 Å². The summed E-state index contributed by atoms with van der Waals surface area (Å²) in [6.07, 6.45) is 1.78. The SMILES string of the molecule is CCCCOc1cc(-c2cc(C)[nH]c(=O)c2C#N)ccc1F. The summed E-state index contributed by atoms with van der Waals surface area (Å²) in [5.74, 6) is -0.326. The Bertz CT molecular complexity index is 775. The van der Waals surface area contributed by atoms with Gasteiger partial charge >= 0.3 is 0 Å². The summed E-state index contributed by atoms with van der Waals surface area (Å²) in [5.41, 5.74) is 1.26. The summed E-state index contributed by atoms with van der Waals surface area (Å²) in [4.78, 5) is 14.4. The average molecular weight is 300 g/mol. The van der Waals surface area contributed by atoms with Crippen molar-refractivity contribution in [1.29, 1.82) is 5.26 Å². The minimum absolute atomic E-state index is 0.0108. The molecule has 5 heteroatoms. The van der Waals surface area contributed by atoms with Crippen LogP contribution in [0.3, 0.4) is 0 Å². The maximum Gasteiger partial charge on any atom is 0.266 e. The number of H-pyrrole nitrogens is 1. The van der Waals surface area contributed by atoms with Gasteiger partial charge in [-0.1, -0.05) is 19.4 Å². The first-order valence-corrected chi connectivity index (χ1v) is 7.13. The van der Waals surface area contributed by atoms with Crippen LogP contribution in [0, 0.1) is 24.1 Å². The van der Waals surface area contributed by atoms with Crippen molar-refractivity contribution in [2.24, 2.45) is 0 Å². The molecule has 0 saturated carbocycles. The molecule has 1 aromatic heterocycles. The second kappa shape index (κ2) is 6.90. The quantitative estimate of drug-likeness (QED) is 0.859. The standard InChI is InChI=1S/C17H17FN2O2/c1-3-4-7-22-16-9-12(5-6-15(16)18)13-8-11(2)20-17(21)14(13)10-19/h5-6,8-9H,3-4,7H2,1-2H3,(H,20,21). The third-order valence-electron chi connectivity index (χ3n) is 3.28. The molecule has 0 aliphatic rings. The smallest absolute Gasteiger partial charge is 0.266 e. The normalized spacial score (nSPS) is 10.3. The highest BCUT2D eigenvalue weighted by atomic mass is 19.1. The number of aromatic nitrogens is 1. The van der Waals surface area contributed by atoms with Crippen LogP contribution in [0.4, 0.5) is 4.39 Å². The molecule has 114 valence electrons. The third-order valence-corrected chi connectivity index (χ3v) is 3.28. The number of benzene rings is 1. The van der Waals surface area contributed by atoms with Crippen molar-refractivity contribution in [2.45, 2.75) is 26.7 Å². The number of unbranched alkanes of at least 4 members (excludes halogenated alkanes) is 1. The van der Waals surface area contributed by atoms with Crippen LogP contribution in [0.5, 0.6) is 5.75 Å². The Kier molecular flexibility index (Phi) is 4.95. The molecular formula is C17H17FN2O2. The van der Waals surface area contributed by atoms with Crippen molar-refractivity contribution < 1.29 is 9.13 Å². The molecule has 0 amide bonds. The predicted octanol–water partition coefficient (Wildman–Crippen LogP) is 3.54. The fourth-order valence-corrected chi connectivity index (χ4v) is 2.14. The molecule has 2 rings (SSSR count). The van der Waals surface area contributed by atoms with Gasteiger partial charge in [0.2, 0.25) is 0 Å². The average Bonchev–Trinajstić information content (AvgIpc) is 2.48. The van der Waals surface area contributed by atoms with Gasteiger partial charge in [0.05, 0.1) is 6.61 Å². The largest absolute Gasteiger partial charge is 0.490 e. The molecular weight excluding hydrogens is 283 g/mol. The number of rotatable bonds is 5. The van der Waals surface area contributed by atoms with E-state index in [0.717, 1.165) is 12.8 Å². The Hall–Kier alpha value is -2.61. The molecule has 0 fully saturated rings. The number of aryl methyl sites for hydroxylation is 1. The van der Waals surface area contributed by atoms with Crippen molar-refractivity contribution in [1.82, 2.24) is 4.98 Å². The number of aromatic amines is 1. The summed E-state index contributed by atoms with van der Waals surface area (Å²) in [6, 6.07) is 7.95. The van der Waals surface area contributed by atoms with Gasteiger partial charge in [-0.25, -0.2) is 4.39 Å². The Morgan fingerprint density at radius 3 is 2.82 bits per heavy atom. The lowest BCUT2D eigenvalue weighted by molar-refractivity contribution is 0.294. The van der Waals surface area contributed by atoms with Crippen molar-refractivity contribution in [3.63, 3.8) is 0 Å². The van der Waals surface area contributed by atoms with E-state index in [4.69, 9.17) is 4.74 Å². The van der Waals surface area contributed by atoms with Crippen LogP contribution in [-0.4, -0.2) is 11.6 Å². The molecule has 0 saturated heterocycles. The number of nitriles is 1. The van der Waals surface area contributed by atoms with Crippen LogP contribution in [-0.2, 0) is 0 Å². The first kappa shape index (κ1) is 15.8. The van der Waals surface area contributed by atoms with Gasteiger partial charge in [0.15, 0.2) is 11.6 Å². The molecule has 1 N–H and O–H groups in total. The number of halogens is 1. The van der Waals surface area contributed by atoms with Crippen LogP contribution in [0.2, 0.25) is 0 Å². The van der Waals surface area contributed by atoms with Crippen LogP contribution in [0.1, 0.15) is 31.0 Å². The van der Waals surface area contributed by atoms with Gasteiger partial charge in [-0.05, 0) is 37.1 Å². The minimum atomic E-state index is -0.458. The zero-order chi connectivity index (χ0) is 16.1. The molecule has 2 aromatic rings. The van der Waals surface area contributed by atoms with Crippen molar-refractivity contribution in [2.75, 3.05) is 6.61 Å². The van der Waals surface area contributed by atoms with E-state index in [0.29, 0.717) is 23.4 Å². The molecule has 0 bridgehead atoms. The number of ether oxygens (including phenoxy) is 1. The van der Waals surface area contributed by atoms with Gasteiger partial charge in [0.25, 0.3) is 5.56 Å². The lowest BCUT2D eigenvalue weighted by Crippen LogP contribution is -2.12. The van der Waals surface area contributed by atoms with Gasteiger partial charge < -0.3 is 9.72 Å². The summed E-state index contributed by atoms with van der Waals surface area (Å²) >= 11 is 0. The summed E-state index contributed by atoms with van der Waals surface area (Å²) in [7, 11) is 0. The molecule has 0 aliphatic carbocycles. The van der Waals surface area contributed by atoms with E-state index >= 15 is 0 Å². The molecule has 1 aromatic carbocycles. The molecule has 0 aliphatic heterocycles. The highest BCUT2D eigenvalue weighted by Gasteiger charge is 2.13. The van der Waals surface area contributed by atoms with E-state index in [1.807, 2.05) is 13.0 Å². The second-order valence-electron chi connectivity index (χ2n) is 5.03. The lowest BCUT2D eigenvalue weighted by atomic mass is 10.0. The molecule has 22 heavy (non-hydrogen) atoms. The van der Waals surface area contributed by atoms with Crippen LogP contribution >= 0.6 is 0 Å². The Labute approximate surface area is 128 Å². The maximum atomic E-state index is 13.8. The first-order chi connectivity index (χ1) is 10.6. The highest BCUT2D eigenvalue weighted by molar-refractivity contribution is 5.71. The summed E-state index contributed by atoms with van der Waals surface area (Å²) in [5, 5.41) is 9.17. The molecule has 0 spiro atoms. The maximum absolute atomic E-state index is 13.8. The van der Waals surface area contributed by atoms with E-state index in [1.54, 1.807) is 13.0 Å². The molecule has 0 unspecified atom stereocenters. The van der Waals surface area contributed by atoms with E-state index in [-0.39, 0.29) is 11.3 Å². The number of hydrogen-bond acceptors (Lipinski definition) is 3. The van der Waals surface area contributed by atoms with E-state index in [1.165, 1.54) is 18.2 Å². The third kappa shape index (κ3) is 3.34. The van der Waals surface area contributed by atoms with Gasteiger partial charge in [0.1, 0.15) is 11.6 Å². The Morgan fingerprint density at radius 2 is 2.14 bits per heavy atom. The van der Waals surface area contributed by atoms with Crippen LogP contribution < -0.4 is 10.3 Å². The molecule has 4 nitrogen and oxygen atoms in total. The zero-order valence-electron chi connectivity index (χ0n) is 12.6. The predicted molar refractivity (Wildman–Crippen MR) is 82.3 cm³/mol. The van der Waals surface area contributed by atoms with Crippen molar-refractivity contribution in [3.05, 3.63) is 51.7 Å². The van der Waals surface area contributed by atoms with E-state index in [9.17, 15) is 14.4 Å². The van der Waals surface area contributed by atoms with Gasteiger partial charge in [-0.3, -0.25) is 4.79 Å². The topological polar surface area (TPSA) is 65.9 Å². The zero-order valence-corrected chi connectivity index (χ0v) is 12.6. The first-order valence-electron chi connectivity index (χ1n) is 7.13. The van der Waals surface area contributed by atoms with Crippen LogP contribution in [0.25, 0.3) is 11.1 Å². The second-order valence-corrected chi connectivity index (χ2v) is 5.03. The molecule has 0 radical (unpaired) electrons. The van der Waals surface area contributed by atoms with Gasteiger partial charge in [-0.2, -0.15) is 5.26 Å². The molecule has 0 atom stereocenters. The number of hydrogen-bond donors (Lipinski definition) is 1. The fourth-order valence-electron chi connectivity index (χ4n) is 2.14. The number of nitrogens with zero attached hydrogens (tertiary/aromatic N) is 1. The fraction of sp³-hybridized carbons (Fsp3) is 0.294. The van der Waals surface area contributed by atoms with Gasteiger partial charge in [-0.15, -0.1) is 0 Å². The lowest BCUT2D eigenvalue weighted by Gasteiger charge is -2.10. The van der Waals surface area contributed by atoms with Crippen molar-refractivity contribution >= 4 is 0 Å². The summed E-state index contributed by atoms with van der Waals surface area (Å²) < 4.78 is 19.2. The monoisotopic (exact) mass is 300 g/mol. The van der Waals surface area contributed by atoms with E-state index < -0.39 is 11.4 Å². The Morgan fingerprint density at radius 1 is 1.36 bits per heavy atom. The highest BCUT2D eigenvalue weighted by Crippen LogP contribution is 2.28.